The molecule has 20 heavy (non-hydrogen) atoms. The Morgan fingerprint density at radius 3 is 2.65 bits per heavy atom. The highest BCUT2D eigenvalue weighted by molar-refractivity contribution is 5.90. The standard InChI is InChI=1S/C12H15N3O5/c1-8-10(13-14-2-4-20-5-3-14)6-9(12(16)17)7-11(8)15(18)19/h6-7,13H,2-5H2,1H3,(H,16,17). The predicted molar refractivity (Wildman–Crippen MR) is 70.8 cm³/mol. The Labute approximate surface area is 115 Å². The molecule has 0 unspecified atom stereocenters. The molecule has 1 saturated heterocycles. The topological polar surface area (TPSA) is 105 Å². The molecule has 0 amide bonds. The molecule has 0 atom stereocenters. The highest BCUT2D eigenvalue weighted by atomic mass is 16.6. The van der Waals surface area contributed by atoms with Gasteiger partial charge in [-0.05, 0) is 13.0 Å². The number of benzene rings is 1. The lowest BCUT2D eigenvalue weighted by molar-refractivity contribution is -0.385. The molecular formula is C12H15N3O5. The summed E-state index contributed by atoms with van der Waals surface area (Å²) in [4.78, 5) is 21.5. The van der Waals surface area contributed by atoms with Crippen LogP contribution in [-0.2, 0) is 4.74 Å². The Morgan fingerprint density at radius 1 is 1.45 bits per heavy atom. The van der Waals surface area contributed by atoms with Crippen LogP contribution < -0.4 is 5.43 Å². The minimum absolute atomic E-state index is 0.113. The van der Waals surface area contributed by atoms with Crippen LogP contribution in [0.1, 0.15) is 15.9 Å². The Bertz CT molecular complexity index is 540. The van der Waals surface area contributed by atoms with Gasteiger partial charge in [0.1, 0.15) is 0 Å². The number of nitrogens with zero attached hydrogens (tertiary/aromatic N) is 2. The molecular weight excluding hydrogens is 266 g/mol. The summed E-state index contributed by atoms with van der Waals surface area (Å²) in [6, 6.07) is 2.47. The summed E-state index contributed by atoms with van der Waals surface area (Å²) in [6.07, 6.45) is 0. The van der Waals surface area contributed by atoms with E-state index in [9.17, 15) is 14.9 Å². The molecule has 0 radical (unpaired) electrons. The molecule has 8 heteroatoms. The maximum Gasteiger partial charge on any atom is 0.336 e. The third kappa shape index (κ3) is 3.03. The fourth-order valence-corrected chi connectivity index (χ4v) is 1.97. The van der Waals surface area contributed by atoms with E-state index >= 15 is 0 Å². The molecule has 108 valence electrons. The van der Waals surface area contributed by atoms with Crippen molar-refractivity contribution >= 4 is 17.3 Å². The van der Waals surface area contributed by atoms with Crippen molar-refractivity contribution in [3.05, 3.63) is 33.4 Å². The van der Waals surface area contributed by atoms with E-state index in [1.54, 1.807) is 6.92 Å². The van der Waals surface area contributed by atoms with Crippen LogP contribution in [0, 0.1) is 17.0 Å². The van der Waals surface area contributed by atoms with E-state index in [0.717, 1.165) is 6.07 Å². The summed E-state index contributed by atoms with van der Waals surface area (Å²) >= 11 is 0. The van der Waals surface area contributed by atoms with Crippen LogP contribution in [-0.4, -0.2) is 47.3 Å². The average molecular weight is 281 g/mol. The van der Waals surface area contributed by atoms with E-state index in [1.807, 2.05) is 5.01 Å². The van der Waals surface area contributed by atoms with Gasteiger partial charge in [-0.25, -0.2) is 9.80 Å². The van der Waals surface area contributed by atoms with Crippen LogP contribution in [0.25, 0.3) is 0 Å². The SMILES string of the molecule is Cc1c(NN2CCOCC2)cc(C(=O)O)cc1[N+](=O)[O-]. The van der Waals surface area contributed by atoms with Crippen molar-refractivity contribution in [2.75, 3.05) is 31.7 Å². The van der Waals surface area contributed by atoms with E-state index < -0.39 is 10.9 Å². The first-order valence-corrected chi connectivity index (χ1v) is 6.10. The molecule has 2 rings (SSSR count). The number of carbonyl (C=O) groups is 1. The van der Waals surface area contributed by atoms with E-state index in [-0.39, 0.29) is 11.3 Å². The number of hydrazine groups is 1. The van der Waals surface area contributed by atoms with Crippen LogP contribution in [0.5, 0.6) is 0 Å². The average Bonchev–Trinajstić information content (AvgIpc) is 2.41. The zero-order chi connectivity index (χ0) is 14.7. The number of anilines is 1. The number of nitro benzene ring substituents is 1. The van der Waals surface area contributed by atoms with Crippen molar-refractivity contribution in [3.63, 3.8) is 0 Å². The Kier molecular flexibility index (Phi) is 4.16. The van der Waals surface area contributed by atoms with Gasteiger partial charge in [0.05, 0.1) is 35.0 Å². The second-order valence-electron chi connectivity index (χ2n) is 4.44. The molecule has 1 aromatic rings. The summed E-state index contributed by atoms with van der Waals surface area (Å²) in [5, 5.41) is 21.9. The zero-order valence-corrected chi connectivity index (χ0v) is 11.0. The first-order valence-electron chi connectivity index (χ1n) is 6.10. The summed E-state index contributed by atoms with van der Waals surface area (Å²) in [7, 11) is 0. The van der Waals surface area contributed by atoms with Crippen molar-refractivity contribution in [3.8, 4) is 0 Å². The lowest BCUT2D eigenvalue weighted by Gasteiger charge is -2.28. The summed E-state index contributed by atoms with van der Waals surface area (Å²) in [6.45, 7) is 3.97. The lowest BCUT2D eigenvalue weighted by atomic mass is 10.1. The third-order valence-corrected chi connectivity index (χ3v) is 3.11. The summed E-state index contributed by atoms with van der Waals surface area (Å²) < 4.78 is 5.21. The van der Waals surface area contributed by atoms with Crippen molar-refractivity contribution in [1.82, 2.24) is 5.01 Å². The van der Waals surface area contributed by atoms with E-state index in [4.69, 9.17) is 9.84 Å². The number of hydrogen-bond donors (Lipinski definition) is 2. The highest BCUT2D eigenvalue weighted by Gasteiger charge is 2.20. The third-order valence-electron chi connectivity index (χ3n) is 3.11. The molecule has 1 fully saturated rings. The predicted octanol–water partition coefficient (Wildman–Crippen LogP) is 1.26. The molecule has 1 aliphatic rings. The maximum atomic E-state index is 11.0. The van der Waals surface area contributed by atoms with Crippen molar-refractivity contribution in [1.29, 1.82) is 0 Å². The molecule has 1 aromatic carbocycles. The fourth-order valence-electron chi connectivity index (χ4n) is 1.97. The van der Waals surface area contributed by atoms with Crippen molar-refractivity contribution < 1.29 is 19.6 Å². The van der Waals surface area contributed by atoms with Gasteiger partial charge in [-0.3, -0.25) is 10.1 Å². The number of morpholine rings is 1. The molecule has 0 aliphatic carbocycles. The van der Waals surface area contributed by atoms with E-state index in [0.29, 0.717) is 37.6 Å². The fraction of sp³-hybridized carbons (Fsp3) is 0.417. The lowest BCUT2D eigenvalue weighted by Crippen LogP contribution is -2.40. The van der Waals surface area contributed by atoms with E-state index in [2.05, 4.69) is 5.43 Å². The molecule has 2 N–H and O–H groups in total. The molecule has 0 spiro atoms. The van der Waals surface area contributed by atoms with Gasteiger partial charge in [0.2, 0.25) is 0 Å². The second kappa shape index (κ2) is 5.85. The Hall–Kier alpha value is -2.19. The van der Waals surface area contributed by atoms with Gasteiger partial charge in [0, 0.05) is 19.2 Å². The zero-order valence-electron chi connectivity index (χ0n) is 11.0. The van der Waals surface area contributed by atoms with Crippen LogP contribution in [0.4, 0.5) is 11.4 Å². The largest absolute Gasteiger partial charge is 0.478 e. The number of carboxylic acids is 1. The quantitative estimate of drug-likeness (QED) is 0.632. The highest BCUT2D eigenvalue weighted by Crippen LogP contribution is 2.28. The number of hydrogen-bond acceptors (Lipinski definition) is 6. The van der Waals surface area contributed by atoms with Gasteiger partial charge in [-0.2, -0.15) is 0 Å². The Morgan fingerprint density at radius 2 is 2.10 bits per heavy atom. The number of nitrogens with one attached hydrogen (secondary N) is 1. The minimum Gasteiger partial charge on any atom is -0.478 e. The van der Waals surface area contributed by atoms with Crippen LogP contribution in [0.15, 0.2) is 12.1 Å². The van der Waals surface area contributed by atoms with Crippen LogP contribution in [0.3, 0.4) is 0 Å². The van der Waals surface area contributed by atoms with Gasteiger partial charge in [0.15, 0.2) is 0 Å². The number of ether oxygens (including phenoxy) is 1. The maximum absolute atomic E-state index is 11.0. The molecule has 0 bridgehead atoms. The van der Waals surface area contributed by atoms with Crippen LogP contribution in [0.2, 0.25) is 0 Å². The summed E-state index contributed by atoms with van der Waals surface area (Å²) in [5.74, 6) is -1.20. The number of rotatable bonds is 4. The normalized spacial score (nSPS) is 15.8. The summed E-state index contributed by atoms with van der Waals surface area (Å²) in [5.41, 5.74) is 3.54. The van der Waals surface area contributed by atoms with Gasteiger partial charge >= 0.3 is 5.97 Å². The first-order chi connectivity index (χ1) is 9.49. The molecule has 0 aromatic heterocycles. The van der Waals surface area contributed by atoms with Gasteiger partial charge < -0.3 is 15.3 Å². The van der Waals surface area contributed by atoms with Crippen molar-refractivity contribution in [2.24, 2.45) is 0 Å². The smallest absolute Gasteiger partial charge is 0.336 e. The van der Waals surface area contributed by atoms with Crippen LogP contribution >= 0.6 is 0 Å². The molecule has 0 saturated carbocycles. The minimum atomic E-state index is -1.20. The monoisotopic (exact) mass is 281 g/mol. The van der Waals surface area contributed by atoms with Gasteiger partial charge in [-0.15, -0.1) is 0 Å². The Balaban J connectivity index is 2.34. The number of carboxylic acid groups (broad SMARTS) is 1. The second-order valence-corrected chi connectivity index (χ2v) is 4.44. The van der Waals surface area contributed by atoms with E-state index in [1.165, 1.54) is 6.07 Å². The molecule has 1 heterocycles. The molecule has 8 nitrogen and oxygen atoms in total. The number of aromatic carboxylic acids is 1. The van der Waals surface area contributed by atoms with Gasteiger partial charge in [-0.1, -0.05) is 0 Å². The first kappa shape index (κ1) is 14.2. The molecule has 1 aliphatic heterocycles. The number of nitro groups is 1. The van der Waals surface area contributed by atoms with Gasteiger partial charge in [0.25, 0.3) is 5.69 Å². The van der Waals surface area contributed by atoms with Crippen molar-refractivity contribution in [2.45, 2.75) is 6.92 Å².